The Morgan fingerprint density at radius 3 is 2.38 bits per heavy atom. The summed E-state index contributed by atoms with van der Waals surface area (Å²) in [4.78, 5) is 11.8. The number of hydrogen-bond acceptors (Lipinski definition) is 3. The van der Waals surface area contributed by atoms with Crippen LogP contribution in [0.2, 0.25) is 5.02 Å². The number of benzene rings is 2. The van der Waals surface area contributed by atoms with Crippen molar-refractivity contribution in [3.05, 3.63) is 70.3 Å². The lowest BCUT2D eigenvalue weighted by Gasteiger charge is -2.05. The fourth-order valence-electron chi connectivity index (χ4n) is 2.27. The molecule has 0 radical (unpaired) electrons. The highest BCUT2D eigenvalue weighted by molar-refractivity contribution is 6.30. The summed E-state index contributed by atoms with van der Waals surface area (Å²) in [6.07, 6.45) is 3.66. The first-order chi connectivity index (χ1) is 12.4. The van der Waals surface area contributed by atoms with Crippen molar-refractivity contribution in [2.24, 2.45) is 5.10 Å². The van der Waals surface area contributed by atoms with Gasteiger partial charge in [0.2, 0.25) is 0 Å². The quantitative estimate of drug-likeness (QED) is 0.528. The molecular formula is C21H24ClN3O. The molecule has 2 aromatic rings. The predicted molar refractivity (Wildman–Crippen MR) is 111 cm³/mol. The molecular weight excluding hydrogens is 346 g/mol. The zero-order valence-corrected chi connectivity index (χ0v) is 16.0. The van der Waals surface area contributed by atoms with Crippen LogP contribution >= 0.6 is 11.6 Å². The Bertz CT molecular complexity index is 778. The third kappa shape index (κ3) is 6.73. The van der Waals surface area contributed by atoms with E-state index in [4.69, 9.17) is 11.6 Å². The average Bonchev–Trinajstić information content (AvgIpc) is 2.61. The smallest absolute Gasteiger partial charge is 0.259 e. The van der Waals surface area contributed by atoms with Crippen LogP contribution in [0.15, 0.2) is 59.2 Å². The number of halogens is 1. The van der Waals surface area contributed by atoms with Crippen LogP contribution in [0, 0.1) is 0 Å². The molecule has 0 aliphatic heterocycles. The molecule has 0 aliphatic carbocycles. The lowest BCUT2D eigenvalue weighted by molar-refractivity contribution is -0.119. The summed E-state index contributed by atoms with van der Waals surface area (Å²) in [5.74, 6) is 0.303. The van der Waals surface area contributed by atoms with E-state index in [1.54, 1.807) is 18.3 Å². The van der Waals surface area contributed by atoms with Gasteiger partial charge < -0.3 is 5.32 Å². The number of rotatable bonds is 7. The molecule has 0 saturated heterocycles. The Labute approximate surface area is 160 Å². The molecule has 1 amide bonds. The van der Waals surface area contributed by atoms with Crippen LogP contribution < -0.4 is 10.7 Å². The fourth-order valence-corrected chi connectivity index (χ4v) is 2.40. The number of allylic oxidation sites excluding steroid dienone is 1. The Kier molecular flexibility index (Phi) is 7.42. The van der Waals surface area contributed by atoms with Crippen molar-refractivity contribution in [3.8, 4) is 0 Å². The first kappa shape index (κ1) is 19.7. The third-order valence-electron chi connectivity index (χ3n) is 3.75. The number of hydrogen-bond donors (Lipinski definition) is 2. The van der Waals surface area contributed by atoms with Gasteiger partial charge in [-0.3, -0.25) is 4.79 Å². The summed E-state index contributed by atoms with van der Waals surface area (Å²) < 4.78 is 0. The minimum atomic E-state index is -0.217. The van der Waals surface area contributed by atoms with Crippen molar-refractivity contribution < 1.29 is 4.79 Å². The minimum absolute atomic E-state index is 0.137. The molecule has 0 atom stereocenters. The second-order valence-corrected chi connectivity index (χ2v) is 6.80. The van der Waals surface area contributed by atoms with Crippen LogP contribution in [-0.4, -0.2) is 18.7 Å². The minimum Gasteiger partial charge on any atom is -0.376 e. The zero-order valence-electron chi connectivity index (χ0n) is 15.3. The SMILES string of the molecule is CC(/C=N\NC(=O)CNc1ccc(Cl)cc1)=C\c1ccc(C(C)C)cc1. The standard InChI is InChI=1S/C21H24ClN3O/c1-15(2)18-6-4-17(5-7-18)12-16(3)13-24-25-21(26)14-23-20-10-8-19(22)9-11-20/h4-13,15,23H,14H2,1-3H3,(H,25,26)/b16-12+,24-13-. The highest BCUT2D eigenvalue weighted by Gasteiger charge is 2.00. The summed E-state index contributed by atoms with van der Waals surface area (Å²) in [5.41, 5.74) is 6.71. The molecule has 0 aliphatic rings. The van der Waals surface area contributed by atoms with Gasteiger partial charge in [0, 0.05) is 10.7 Å². The van der Waals surface area contributed by atoms with Gasteiger partial charge in [-0.1, -0.05) is 55.8 Å². The normalized spacial score (nSPS) is 11.8. The monoisotopic (exact) mass is 369 g/mol. The zero-order chi connectivity index (χ0) is 18.9. The second kappa shape index (κ2) is 9.78. The van der Waals surface area contributed by atoms with Gasteiger partial charge in [0.15, 0.2) is 0 Å². The van der Waals surface area contributed by atoms with Crippen molar-refractivity contribution in [2.45, 2.75) is 26.7 Å². The first-order valence-corrected chi connectivity index (χ1v) is 8.91. The maximum Gasteiger partial charge on any atom is 0.259 e. The fraction of sp³-hybridized carbons (Fsp3) is 0.238. The van der Waals surface area contributed by atoms with Gasteiger partial charge >= 0.3 is 0 Å². The van der Waals surface area contributed by atoms with Gasteiger partial charge in [-0.2, -0.15) is 5.10 Å². The van der Waals surface area contributed by atoms with E-state index in [1.165, 1.54) is 5.56 Å². The van der Waals surface area contributed by atoms with E-state index in [-0.39, 0.29) is 12.5 Å². The van der Waals surface area contributed by atoms with Crippen LogP contribution in [-0.2, 0) is 4.79 Å². The van der Waals surface area contributed by atoms with Gasteiger partial charge in [-0.15, -0.1) is 0 Å². The van der Waals surface area contributed by atoms with E-state index in [9.17, 15) is 4.79 Å². The van der Waals surface area contributed by atoms with E-state index in [0.29, 0.717) is 10.9 Å². The van der Waals surface area contributed by atoms with E-state index in [2.05, 4.69) is 54.0 Å². The van der Waals surface area contributed by atoms with Gasteiger partial charge in [0.05, 0.1) is 12.8 Å². The molecule has 2 rings (SSSR count). The van der Waals surface area contributed by atoms with Gasteiger partial charge in [-0.05, 0) is 53.8 Å². The lowest BCUT2D eigenvalue weighted by atomic mass is 10.0. The number of carbonyl (C=O) groups is 1. The van der Waals surface area contributed by atoms with Crippen molar-refractivity contribution in [2.75, 3.05) is 11.9 Å². The molecule has 0 spiro atoms. The first-order valence-electron chi connectivity index (χ1n) is 8.53. The second-order valence-electron chi connectivity index (χ2n) is 6.36. The summed E-state index contributed by atoms with van der Waals surface area (Å²) in [5, 5.41) is 7.65. The lowest BCUT2D eigenvalue weighted by Crippen LogP contribution is -2.25. The van der Waals surface area contributed by atoms with Crippen LogP contribution in [0.1, 0.15) is 37.8 Å². The highest BCUT2D eigenvalue weighted by atomic mass is 35.5. The van der Waals surface area contributed by atoms with Crippen LogP contribution in [0.5, 0.6) is 0 Å². The number of anilines is 1. The van der Waals surface area contributed by atoms with E-state index < -0.39 is 0 Å². The molecule has 0 aromatic heterocycles. The van der Waals surface area contributed by atoms with Crippen LogP contribution in [0.25, 0.3) is 6.08 Å². The molecule has 0 saturated carbocycles. The molecule has 2 aromatic carbocycles. The van der Waals surface area contributed by atoms with Crippen molar-refractivity contribution in [1.29, 1.82) is 0 Å². The Morgan fingerprint density at radius 2 is 1.77 bits per heavy atom. The largest absolute Gasteiger partial charge is 0.376 e. The van der Waals surface area contributed by atoms with E-state index in [0.717, 1.165) is 16.8 Å². The third-order valence-corrected chi connectivity index (χ3v) is 4.00. The van der Waals surface area contributed by atoms with Crippen LogP contribution in [0.4, 0.5) is 5.69 Å². The Balaban J connectivity index is 1.80. The molecule has 4 nitrogen and oxygen atoms in total. The molecule has 136 valence electrons. The molecule has 0 fully saturated rings. The number of nitrogens with zero attached hydrogens (tertiary/aromatic N) is 1. The molecule has 2 N–H and O–H groups in total. The Morgan fingerprint density at radius 1 is 1.12 bits per heavy atom. The van der Waals surface area contributed by atoms with E-state index >= 15 is 0 Å². The maximum atomic E-state index is 11.8. The van der Waals surface area contributed by atoms with Gasteiger partial charge in [-0.25, -0.2) is 5.43 Å². The Hall–Kier alpha value is -2.59. The molecule has 26 heavy (non-hydrogen) atoms. The molecule has 0 heterocycles. The van der Waals surface area contributed by atoms with Crippen molar-refractivity contribution in [1.82, 2.24) is 5.43 Å². The predicted octanol–water partition coefficient (Wildman–Crippen LogP) is 5.08. The van der Waals surface area contributed by atoms with Crippen molar-refractivity contribution in [3.63, 3.8) is 0 Å². The summed E-state index contributed by atoms with van der Waals surface area (Å²) in [6, 6.07) is 15.6. The molecule has 5 heteroatoms. The number of nitrogens with one attached hydrogen (secondary N) is 2. The summed E-state index contributed by atoms with van der Waals surface area (Å²) in [7, 11) is 0. The average molecular weight is 370 g/mol. The maximum absolute atomic E-state index is 11.8. The van der Waals surface area contributed by atoms with E-state index in [1.807, 2.05) is 25.1 Å². The van der Waals surface area contributed by atoms with Crippen molar-refractivity contribution >= 4 is 35.5 Å². The molecule has 0 unspecified atom stereocenters. The van der Waals surface area contributed by atoms with Gasteiger partial charge in [0.1, 0.15) is 0 Å². The number of amides is 1. The summed E-state index contributed by atoms with van der Waals surface area (Å²) >= 11 is 5.82. The van der Waals surface area contributed by atoms with Crippen LogP contribution in [0.3, 0.4) is 0 Å². The van der Waals surface area contributed by atoms with Gasteiger partial charge in [0.25, 0.3) is 5.91 Å². The number of carbonyl (C=O) groups excluding carboxylic acids is 1. The highest BCUT2D eigenvalue weighted by Crippen LogP contribution is 2.16. The number of hydrazone groups is 1. The topological polar surface area (TPSA) is 53.5 Å². The molecule has 0 bridgehead atoms. The summed E-state index contributed by atoms with van der Waals surface area (Å²) in [6.45, 7) is 6.43.